The average Bonchev–Trinajstić information content (AvgIpc) is 2.92. The van der Waals surface area contributed by atoms with Gasteiger partial charge in [0.1, 0.15) is 5.82 Å². The third-order valence-electron chi connectivity index (χ3n) is 7.39. The molecule has 0 fully saturated rings. The first-order valence-electron chi connectivity index (χ1n) is 14.9. The molecule has 41 heavy (non-hydrogen) atoms. The molecule has 0 aromatic heterocycles. The topological polar surface area (TPSA) is 62.3 Å². The van der Waals surface area contributed by atoms with Gasteiger partial charge in [0.05, 0.1) is 14.2 Å². The fourth-order valence-electron chi connectivity index (χ4n) is 5.47. The lowest BCUT2D eigenvalue weighted by Crippen LogP contribution is -2.40. The first kappa shape index (κ1) is 32.4. The summed E-state index contributed by atoms with van der Waals surface area (Å²) in [5.41, 5.74) is 2.34. The number of aryl methyl sites for hydroxylation is 1. The predicted octanol–water partition coefficient (Wildman–Crippen LogP) is 5.94. The SMILES string of the molecule is COc1ccc(CCC(=O)N2CCCN(CC(C)C)CCCN(C(=O)CC(C)C)c3ccc(F)cc3C2)cc1OC. The van der Waals surface area contributed by atoms with E-state index in [2.05, 4.69) is 18.7 Å². The summed E-state index contributed by atoms with van der Waals surface area (Å²) in [6.07, 6.45) is 2.94. The molecule has 0 saturated carbocycles. The molecular formula is C33H48FN3O4. The predicted molar refractivity (Wildman–Crippen MR) is 162 cm³/mol. The number of carbonyl (C=O) groups is 2. The summed E-state index contributed by atoms with van der Waals surface area (Å²) in [4.78, 5) is 33.2. The van der Waals surface area contributed by atoms with Gasteiger partial charge in [-0.25, -0.2) is 4.39 Å². The highest BCUT2D eigenvalue weighted by Crippen LogP contribution is 2.29. The largest absolute Gasteiger partial charge is 0.493 e. The van der Waals surface area contributed by atoms with Crippen LogP contribution >= 0.6 is 0 Å². The number of anilines is 1. The molecule has 1 aliphatic rings. The van der Waals surface area contributed by atoms with Gasteiger partial charge in [-0.05, 0) is 85.6 Å². The summed E-state index contributed by atoms with van der Waals surface area (Å²) in [7, 11) is 3.19. The number of carbonyl (C=O) groups excluding carboxylic acids is 2. The third kappa shape index (κ3) is 9.73. The van der Waals surface area contributed by atoms with Gasteiger partial charge in [0, 0.05) is 44.7 Å². The van der Waals surface area contributed by atoms with E-state index < -0.39 is 0 Å². The Balaban J connectivity index is 1.89. The van der Waals surface area contributed by atoms with Gasteiger partial charge in [-0.1, -0.05) is 33.8 Å². The highest BCUT2D eigenvalue weighted by molar-refractivity contribution is 5.94. The molecule has 7 nitrogen and oxygen atoms in total. The molecule has 0 N–H and O–H groups in total. The monoisotopic (exact) mass is 569 g/mol. The Labute approximate surface area is 245 Å². The van der Waals surface area contributed by atoms with E-state index in [1.54, 1.807) is 20.3 Å². The second-order valence-electron chi connectivity index (χ2n) is 11.8. The number of fused-ring (bicyclic) bond motifs is 1. The van der Waals surface area contributed by atoms with Gasteiger partial charge in [-0.2, -0.15) is 0 Å². The summed E-state index contributed by atoms with van der Waals surface area (Å²) in [6, 6.07) is 10.3. The highest BCUT2D eigenvalue weighted by Gasteiger charge is 2.24. The van der Waals surface area contributed by atoms with E-state index in [1.807, 2.05) is 41.8 Å². The van der Waals surface area contributed by atoms with Crippen molar-refractivity contribution in [2.24, 2.45) is 11.8 Å². The lowest BCUT2D eigenvalue weighted by Gasteiger charge is -2.32. The minimum Gasteiger partial charge on any atom is -0.493 e. The van der Waals surface area contributed by atoms with E-state index in [9.17, 15) is 14.0 Å². The van der Waals surface area contributed by atoms with Crippen LogP contribution in [0.3, 0.4) is 0 Å². The maximum atomic E-state index is 14.6. The molecule has 2 amide bonds. The first-order valence-corrected chi connectivity index (χ1v) is 14.9. The zero-order valence-electron chi connectivity index (χ0n) is 25.7. The molecule has 0 saturated heterocycles. The maximum Gasteiger partial charge on any atom is 0.227 e. The number of nitrogens with zero attached hydrogens (tertiary/aromatic N) is 3. The van der Waals surface area contributed by atoms with Crippen molar-refractivity contribution in [1.82, 2.24) is 9.80 Å². The van der Waals surface area contributed by atoms with Crippen LogP contribution in [0, 0.1) is 17.7 Å². The minimum atomic E-state index is -0.368. The van der Waals surface area contributed by atoms with E-state index in [4.69, 9.17) is 9.47 Å². The van der Waals surface area contributed by atoms with E-state index in [-0.39, 0.29) is 30.1 Å². The Hall–Kier alpha value is -3.13. The van der Waals surface area contributed by atoms with Crippen molar-refractivity contribution in [2.75, 3.05) is 51.8 Å². The number of amides is 2. The third-order valence-corrected chi connectivity index (χ3v) is 7.39. The molecule has 0 atom stereocenters. The zero-order valence-corrected chi connectivity index (χ0v) is 25.7. The average molecular weight is 570 g/mol. The number of rotatable bonds is 9. The van der Waals surface area contributed by atoms with Gasteiger partial charge in [0.25, 0.3) is 0 Å². The molecule has 226 valence electrons. The number of ether oxygens (including phenoxy) is 2. The molecule has 3 rings (SSSR count). The highest BCUT2D eigenvalue weighted by atomic mass is 19.1. The lowest BCUT2D eigenvalue weighted by molar-refractivity contribution is -0.131. The number of halogens is 1. The molecule has 2 aromatic rings. The molecule has 0 radical (unpaired) electrons. The molecule has 0 aliphatic carbocycles. The fraction of sp³-hybridized carbons (Fsp3) is 0.576. The smallest absolute Gasteiger partial charge is 0.227 e. The van der Waals surface area contributed by atoms with Gasteiger partial charge in [0.15, 0.2) is 11.5 Å². The normalized spacial score (nSPS) is 15.3. The standard InChI is InChI=1S/C33H48FN3O4/c1-24(2)19-33(39)37-18-8-16-35(22-25(3)4)15-7-17-36(23-27-21-28(34)11-12-29(27)37)32(38)14-10-26-9-13-30(40-5)31(20-26)41-6/h9,11-13,20-21,24-25H,7-8,10,14-19,22-23H2,1-6H3. The lowest BCUT2D eigenvalue weighted by atomic mass is 10.1. The van der Waals surface area contributed by atoms with Crippen LogP contribution in [-0.4, -0.2) is 68.6 Å². The summed E-state index contributed by atoms with van der Waals surface area (Å²) in [6.45, 7) is 12.6. The van der Waals surface area contributed by atoms with Crippen molar-refractivity contribution in [3.63, 3.8) is 0 Å². The number of benzene rings is 2. The van der Waals surface area contributed by atoms with Crippen LogP contribution in [0.2, 0.25) is 0 Å². The second-order valence-corrected chi connectivity index (χ2v) is 11.8. The molecule has 2 aromatic carbocycles. The first-order chi connectivity index (χ1) is 19.6. The van der Waals surface area contributed by atoms with Crippen LogP contribution in [0.4, 0.5) is 10.1 Å². The number of methoxy groups -OCH3 is 2. The van der Waals surface area contributed by atoms with Crippen LogP contribution < -0.4 is 14.4 Å². The summed E-state index contributed by atoms with van der Waals surface area (Å²) < 4.78 is 25.3. The summed E-state index contributed by atoms with van der Waals surface area (Å²) in [5, 5.41) is 0. The van der Waals surface area contributed by atoms with Gasteiger partial charge in [-0.3, -0.25) is 9.59 Å². The van der Waals surface area contributed by atoms with E-state index in [0.717, 1.165) is 38.0 Å². The van der Waals surface area contributed by atoms with E-state index >= 15 is 0 Å². The molecule has 1 heterocycles. The molecule has 8 heteroatoms. The van der Waals surface area contributed by atoms with Gasteiger partial charge < -0.3 is 24.2 Å². The van der Waals surface area contributed by atoms with Gasteiger partial charge in [0.2, 0.25) is 11.8 Å². The Morgan fingerprint density at radius 2 is 1.56 bits per heavy atom. The molecule has 0 spiro atoms. The van der Waals surface area contributed by atoms with Crippen molar-refractivity contribution < 1.29 is 23.5 Å². The Morgan fingerprint density at radius 1 is 0.854 bits per heavy atom. The van der Waals surface area contributed by atoms with Crippen LogP contribution in [-0.2, 0) is 22.6 Å². The van der Waals surface area contributed by atoms with E-state index in [0.29, 0.717) is 61.0 Å². The molecular weight excluding hydrogens is 521 g/mol. The van der Waals surface area contributed by atoms with Crippen LogP contribution in [0.1, 0.15) is 64.5 Å². The van der Waals surface area contributed by atoms with Crippen molar-refractivity contribution in [1.29, 1.82) is 0 Å². The number of hydrogen-bond acceptors (Lipinski definition) is 5. The molecule has 1 aliphatic heterocycles. The molecule has 0 unspecified atom stereocenters. The van der Waals surface area contributed by atoms with Gasteiger partial charge >= 0.3 is 0 Å². The quantitative estimate of drug-likeness (QED) is 0.374. The second kappa shape index (κ2) is 15.8. The Morgan fingerprint density at radius 3 is 2.22 bits per heavy atom. The van der Waals surface area contributed by atoms with Gasteiger partial charge in [-0.15, -0.1) is 0 Å². The van der Waals surface area contributed by atoms with E-state index in [1.165, 1.54) is 12.1 Å². The van der Waals surface area contributed by atoms with Crippen LogP contribution in [0.25, 0.3) is 0 Å². The van der Waals surface area contributed by atoms with Crippen LogP contribution in [0.15, 0.2) is 36.4 Å². The maximum absolute atomic E-state index is 14.6. The Bertz CT molecular complexity index is 1150. The molecule has 0 bridgehead atoms. The van der Waals surface area contributed by atoms with Crippen molar-refractivity contribution in [3.05, 3.63) is 53.3 Å². The van der Waals surface area contributed by atoms with Crippen LogP contribution in [0.5, 0.6) is 11.5 Å². The Kier molecular flexibility index (Phi) is 12.4. The summed E-state index contributed by atoms with van der Waals surface area (Å²) in [5.74, 6) is 1.67. The van der Waals surface area contributed by atoms with Crippen molar-refractivity contribution >= 4 is 17.5 Å². The fourth-order valence-corrected chi connectivity index (χ4v) is 5.47. The summed E-state index contributed by atoms with van der Waals surface area (Å²) >= 11 is 0. The zero-order chi connectivity index (χ0) is 29.9. The van der Waals surface area contributed by atoms with Crippen molar-refractivity contribution in [2.45, 2.75) is 66.3 Å². The van der Waals surface area contributed by atoms with Crippen molar-refractivity contribution in [3.8, 4) is 11.5 Å². The minimum absolute atomic E-state index is 0.00234. The number of hydrogen-bond donors (Lipinski definition) is 0.